The first kappa shape index (κ1) is 76.9. The van der Waals surface area contributed by atoms with E-state index in [-0.39, 0.29) is 11.7 Å². The standard InChI is InChI=1S/C25H25N7O3.C23H20N6O2.C21H16FN5O.C17H13N7OS/c1-25(2,3)35-24(33)29-20-9-5-16(13-27-20)22-23(32-11-10-26-14-21(32)30-22)28-17-6-7-18-15(12-17)4-8-19(18)31-34;1-14(30)25-17-5-2-15(3-6-17)22-23(29-11-10-24-13-21(29)27-22)26-18-7-8-19-16(12-18)4-9-20(19)28-31;22-15-4-1-13(2-5-15)20-21(27-10-9-23-12-19(27)25-20)24-16-6-7-17-14(11-16)3-8-18(17)26-28;25-22-13-4-1-10-7-11(2-3-12(10)13)19-17-16(14-9-26-23-21-14)20-15-8-18-5-6-24(15)17/h5-7,9-14,28,34H,4,8H2,1-3H3,(H,27,29,33);2-3,5-8,10-13,26,31H,4,9H2,1H3,(H,25,30);1-2,4-7,9-12,24,28H,3,8H2;2-3,5-9,19,25H,1,4H2/b31-19+;;26-18+;. The maximum atomic E-state index is 13.4. The molecule has 0 spiro atoms. The number of carbonyl (C=O) groups is 2. The molecule has 0 fully saturated rings. The number of halogens is 1. The van der Waals surface area contributed by atoms with Crippen LogP contribution in [0, 0.1) is 5.82 Å². The van der Waals surface area contributed by atoms with Gasteiger partial charge in [-0.2, -0.15) is 0 Å². The average Bonchev–Trinajstić information content (AvgIpc) is 1.64. The monoisotopic (exact) mass is 1620 g/mol. The fourth-order valence-electron chi connectivity index (χ4n) is 14.8. The molecule has 120 heavy (non-hydrogen) atoms. The zero-order chi connectivity index (χ0) is 82.5. The van der Waals surface area contributed by atoms with Crippen LogP contribution in [-0.4, -0.2) is 133 Å². The molecule has 10 aromatic heterocycles. The Morgan fingerprint density at radius 3 is 1.12 bits per heavy atom. The summed E-state index contributed by atoms with van der Waals surface area (Å²) in [7, 11) is 0. The van der Waals surface area contributed by atoms with Crippen molar-refractivity contribution in [3.8, 4) is 45.2 Å². The van der Waals surface area contributed by atoms with Crippen molar-refractivity contribution in [1.82, 2.24) is 72.0 Å². The summed E-state index contributed by atoms with van der Waals surface area (Å²) in [6.45, 7) is 6.89. The third-order valence-electron chi connectivity index (χ3n) is 20.3. The molecule has 2 amide bonds. The quantitative estimate of drug-likeness (QED) is 0.0357. The van der Waals surface area contributed by atoms with E-state index in [1.165, 1.54) is 30.6 Å². The topological polar surface area (TPSA) is 405 Å². The number of oxime groups is 4. The number of nitrogens with zero attached hydrogens (tertiary/aromatic N) is 19. The number of ether oxygens (including phenoxy) is 1. The molecule has 0 saturated heterocycles. The molecule has 598 valence electrons. The minimum Gasteiger partial charge on any atom is -0.444 e. The molecule has 4 aliphatic carbocycles. The lowest BCUT2D eigenvalue weighted by Crippen LogP contribution is -2.27. The first-order valence-corrected chi connectivity index (χ1v) is 38.9. The van der Waals surface area contributed by atoms with Crippen molar-refractivity contribution in [3.05, 3.63) is 270 Å². The molecule has 20 rings (SSSR count). The molecular formula is C86H74FN25O7S. The summed E-state index contributed by atoms with van der Waals surface area (Å²) < 4.78 is 30.3. The van der Waals surface area contributed by atoms with Crippen molar-refractivity contribution in [2.75, 3.05) is 31.9 Å². The zero-order valence-corrected chi connectivity index (χ0v) is 65.6. The molecule has 34 heteroatoms. The number of carbonyl (C=O) groups excluding carboxylic acids is 2. The lowest BCUT2D eigenvalue weighted by molar-refractivity contribution is -0.114. The molecule has 0 aliphatic heterocycles. The Morgan fingerprint density at radius 2 is 0.783 bits per heavy atom. The van der Waals surface area contributed by atoms with Gasteiger partial charge in [-0.1, -0.05) is 61.5 Å². The largest absolute Gasteiger partial charge is 0.444 e. The number of pyridine rings is 1. The van der Waals surface area contributed by atoms with Crippen LogP contribution in [0.4, 0.5) is 66.7 Å². The number of anilines is 10. The molecule has 0 atom stereocenters. The fraction of sp³-hybridized carbons (Fsp3) is 0.151. The first-order valence-electron chi connectivity index (χ1n) is 38.1. The Hall–Kier alpha value is -15.7. The van der Waals surface area contributed by atoms with Gasteiger partial charge in [0.2, 0.25) is 5.91 Å². The second-order valence-corrected chi connectivity index (χ2v) is 29.9. The van der Waals surface area contributed by atoms with Crippen LogP contribution in [0.2, 0.25) is 0 Å². The van der Waals surface area contributed by atoms with Crippen LogP contribution >= 0.6 is 11.5 Å². The third-order valence-corrected chi connectivity index (χ3v) is 20.8. The Balaban J connectivity index is 0.000000115. The van der Waals surface area contributed by atoms with E-state index < -0.39 is 11.7 Å². The molecule has 32 nitrogen and oxygen atoms in total. The summed E-state index contributed by atoms with van der Waals surface area (Å²) in [5.41, 5.74) is 24.1. The molecular weight excluding hydrogens is 1550 g/mol. The maximum absolute atomic E-state index is 13.4. The van der Waals surface area contributed by atoms with Gasteiger partial charge in [0.1, 0.15) is 69.0 Å². The third kappa shape index (κ3) is 16.2. The second kappa shape index (κ2) is 33.2. The van der Waals surface area contributed by atoms with Gasteiger partial charge in [0, 0.05) is 135 Å². The van der Waals surface area contributed by atoms with Gasteiger partial charge >= 0.3 is 6.09 Å². The predicted molar refractivity (Wildman–Crippen MR) is 455 cm³/mol. The molecule has 0 saturated carbocycles. The van der Waals surface area contributed by atoms with Gasteiger partial charge in [-0.15, -0.1) is 5.10 Å². The van der Waals surface area contributed by atoms with Crippen LogP contribution in [-0.2, 0) is 35.2 Å². The van der Waals surface area contributed by atoms with E-state index in [1.54, 1.807) is 94.7 Å². The van der Waals surface area contributed by atoms with Gasteiger partial charge in [0.15, 0.2) is 22.6 Å². The predicted octanol–water partition coefficient (Wildman–Crippen LogP) is 16.7. The second-order valence-electron chi connectivity index (χ2n) is 29.2. The lowest BCUT2D eigenvalue weighted by Gasteiger charge is -2.19. The fourth-order valence-corrected chi connectivity index (χ4v) is 15.3. The molecule has 0 radical (unpaired) electrons. The molecule has 10 heterocycles. The van der Waals surface area contributed by atoms with Gasteiger partial charge in [-0.3, -0.25) is 47.7 Å². The van der Waals surface area contributed by atoms with Gasteiger partial charge in [0.05, 0.1) is 47.6 Å². The number of imidazole rings is 4. The van der Waals surface area contributed by atoms with Crippen LogP contribution in [0.15, 0.2) is 240 Å². The first-order chi connectivity index (χ1) is 58.5. The summed E-state index contributed by atoms with van der Waals surface area (Å²) in [6.07, 6.45) is 28.4. The Morgan fingerprint density at radius 1 is 0.433 bits per heavy atom. The van der Waals surface area contributed by atoms with E-state index in [4.69, 9.17) is 30.3 Å². The number of aryl methyl sites for hydroxylation is 4. The van der Waals surface area contributed by atoms with Crippen molar-refractivity contribution >= 4 is 126 Å². The molecule has 0 unspecified atom stereocenters. The number of fused-ring (bicyclic) bond motifs is 8. The lowest BCUT2D eigenvalue weighted by atomic mass is 10.1. The van der Waals surface area contributed by atoms with Crippen molar-refractivity contribution in [2.24, 2.45) is 20.6 Å². The number of hydrogen-bond donors (Lipinski definition) is 10. The smallest absolute Gasteiger partial charge is 0.413 e. The van der Waals surface area contributed by atoms with Crippen LogP contribution in [0.3, 0.4) is 0 Å². The Bertz CT molecular complexity index is 6710. The van der Waals surface area contributed by atoms with Gasteiger partial charge in [-0.25, -0.2) is 34.1 Å². The van der Waals surface area contributed by atoms with Gasteiger partial charge in [-0.05, 0) is 203 Å². The number of amides is 2. The van der Waals surface area contributed by atoms with Crippen LogP contribution in [0.1, 0.15) is 97.9 Å². The maximum Gasteiger partial charge on any atom is 0.413 e. The van der Waals surface area contributed by atoms with Crippen molar-refractivity contribution < 1.29 is 39.5 Å². The average molecular weight is 1620 g/mol. The van der Waals surface area contributed by atoms with Gasteiger partial charge in [0.25, 0.3) is 0 Å². The van der Waals surface area contributed by atoms with Crippen molar-refractivity contribution in [1.29, 1.82) is 0 Å². The Kier molecular flexibility index (Phi) is 21.3. The van der Waals surface area contributed by atoms with Crippen LogP contribution in [0.5, 0.6) is 0 Å². The molecule has 6 aromatic carbocycles. The van der Waals surface area contributed by atoms with E-state index in [2.05, 4.69) is 121 Å². The van der Waals surface area contributed by atoms with Gasteiger partial charge < -0.3 is 52.1 Å². The highest BCUT2D eigenvalue weighted by Gasteiger charge is 2.27. The summed E-state index contributed by atoms with van der Waals surface area (Å²) in [6, 6.07) is 41.4. The number of aromatic nitrogens is 15. The SMILES string of the molecule is CC(=O)Nc1ccc(-c2nc3cnccn3c2Nc2ccc3c(c2)CCC3=NO)cc1.CC(C)(C)OC(=O)Nc1ccc(-c2nc3cnccn3c2Nc2ccc3c(c2)CC/C3=N\O)cn1.O/N=C1\CCc2cc(Nc3c(-c4ccc(F)cc4)nc4cnccn34)ccc21.ON=C1CCc2cc(Nc3c(-c4csnn4)nc4cnccn34)ccc21. The summed E-state index contributed by atoms with van der Waals surface area (Å²) in [5, 5.41) is 75.5. The van der Waals surface area contributed by atoms with E-state index in [0.717, 1.165) is 210 Å². The minimum atomic E-state index is -0.598. The summed E-state index contributed by atoms with van der Waals surface area (Å²) >= 11 is 1.29. The van der Waals surface area contributed by atoms with Crippen LogP contribution in [0.25, 0.3) is 67.7 Å². The zero-order valence-electron chi connectivity index (χ0n) is 64.7. The minimum absolute atomic E-state index is 0.111. The number of rotatable bonds is 14. The molecule has 4 aliphatic rings. The number of hydrogen-bond acceptors (Lipinski definition) is 27. The van der Waals surface area contributed by atoms with E-state index >= 15 is 0 Å². The molecule has 10 N–H and O–H groups in total. The highest BCUT2D eigenvalue weighted by atomic mass is 32.1. The number of nitrogens with one attached hydrogen (secondary N) is 6. The highest BCUT2D eigenvalue weighted by molar-refractivity contribution is 7.03. The summed E-state index contributed by atoms with van der Waals surface area (Å²) in [4.78, 5) is 63.2. The molecule has 0 bridgehead atoms. The molecule has 16 aromatic rings. The highest BCUT2D eigenvalue weighted by Crippen LogP contribution is 2.39. The summed E-state index contributed by atoms with van der Waals surface area (Å²) in [5.74, 6) is 3.14. The van der Waals surface area contributed by atoms with Crippen molar-refractivity contribution in [3.63, 3.8) is 0 Å². The van der Waals surface area contributed by atoms with E-state index in [9.17, 15) is 19.2 Å². The number of benzene rings is 6. The van der Waals surface area contributed by atoms with E-state index in [1.807, 2.05) is 127 Å². The normalized spacial score (nSPS) is 14.4. The van der Waals surface area contributed by atoms with Crippen molar-refractivity contribution in [2.45, 2.75) is 84.7 Å². The van der Waals surface area contributed by atoms with Crippen LogP contribution < -0.4 is 31.9 Å². The van der Waals surface area contributed by atoms with E-state index in [0.29, 0.717) is 34.2 Å². The Labute approximate surface area is 686 Å².